The van der Waals surface area contributed by atoms with E-state index in [4.69, 9.17) is 26.2 Å². The second-order valence-electron chi connectivity index (χ2n) is 8.04. The third-order valence-electron chi connectivity index (χ3n) is 5.79. The minimum Gasteiger partial charge on any atom is -0.490 e. The Morgan fingerprint density at radius 2 is 1.97 bits per heavy atom. The number of fused-ring (bicyclic) bond motifs is 2. The summed E-state index contributed by atoms with van der Waals surface area (Å²) in [6.45, 7) is 0.186. The highest BCUT2D eigenvalue weighted by Crippen LogP contribution is 2.32. The fourth-order valence-electron chi connectivity index (χ4n) is 4.15. The molecule has 9 nitrogen and oxygen atoms in total. The number of carboxylic acids is 1. The fraction of sp³-hybridized carbons (Fsp3) is 0.348. The van der Waals surface area contributed by atoms with E-state index in [1.165, 1.54) is 0 Å². The van der Waals surface area contributed by atoms with Gasteiger partial charge in [0, 0.05) is 12.7 Å². The van der Waals surface area contributed by atoms with Crippen molar-refractivity contribution in [3.63, 3.8) is 0 Å². The minimum absolute atomic E-state index is 0.0806. The van der Waals surface area contributed by atoms with Crippen LogP contribution in [0.3, 0.4) is 0 Å². The summed E-state index contributed by atoms with van der Waals surface area (Å²) in [5.74, 6) is -0.819. The van der Waals surface area contributed by atoms with Gasteiger partial charge in [-0.05, 0) is 43.2 Å². The monoisotopic (exact) mass is 473 g/mol. The third kappa shape index (κ3) is 5.20. The molecule has 0 aliphatic carbocycles. The highest BCUT2D eigenvalue weighted by Gasteiger charge is 2.39. The van der Waals surface area contributed by atoms with Crippen molar-refractivity contribution in [2.24, 2.45) is 0 Å². The molecule has 0 saturated carbocycles. The van der Waals surface area contributed by atoms with Gasteiger partial charge in [0.2, 0.25) is 0 Å². The second kappa shape index (κ2) is 9.68. The molecule has 1 fully saturated rings. The molecular formula is C23H24ClN3O6. The number of carbonyl (C=O) groups is 3. The summed E-state index contributed by atoms with van der Waals surface area (Å²) in [5, 5.41) is 14.8. The number of rotatable bonds is 4. The average molecular weight is 474 g/mol. The molecule has 3 N–H and O–H groups in total. The highest BCUT2D eigenvalue weighted by molar-refractivity contribution is 6.33. The van der Waals surface area contributed by atoms with E-state index >= 15 is 0 Å². The number of para-hydroxylation sites is 1. The van der Waals surface area contributed by atoms with Gasteiger partial charge in [0.1, 0.15) is 18.5 Å². The smallest absolute Gasteiger partial charge is 0.323 e. The first-order valence-corrected chi connectivity index (χ1v) is 10.9. The van der Waals surface area contributed by atoms with Gasteiger partial charge in [-0.1, -0.05) is 23.7 Å². The molecule has 0 radical (unpaired) electrons. The van der Waals surface area contributed by atoms with Crippen molar-refractivity contribution in [2.45, 2.75) is 37.5 Å². The van der Waals surface area contributed by atoms with Crippen molar-refractivity contribution in [3.8, 4) is 5.75 Å². The maximum absolute atomic E-state index is 13.2. The van der Waals surface area contributed by atoms with Crippen LogP contribution in [0.2, 0.25) is 5.02 Å². The summed E-state index contributed by atoms with van der Waals surface area (Å²) >= 11 is 6.08. The molecular weight excluding hydrogens is 450 g/mol. The minimum atomic E-state index is -0.918. The molecule has 2 aliphatic rings. The van der Waals surface area contributed by atoms with Crippen LogP contribution in [0.25, 0.3) is 0 Å². The number of amides is 3. The van der Waals surface area contributed by atoms with Crippen molar-refractivity contribution < 1.29 is 29.0 Å². The third-order valence-corrected chi connectivity index (χ3v) is 6.12. The van der Waals surface area contributed by atoms with E-state index in [0.29, 0.717) is 40.6 Å². The first-order chi connectivity index (χ1) is 15.8. The molecule has 3 atom stereocenters. The van der Waals surface area contributed by atoms with Crippen molar-refractivity contribution >= 4 is 40.9 Å². The Labute approximate surface area is 195 Å². The van der Waals surface area contributed by atoms with E-state index in [0.717, 1.165) is 0 Å². The molecule has 0 unspecified atom stereocenters. The van der Waals surface area contributed by atoms with E-state index in [1.54, 1.807) is 54.4 Å². The number of nitrogens with one attached hydrogen (secondary N) is 2. The molecule has 10 heteroatoms. The molecule has 0 bridgehead atoms. The zero-order valence-corrected chi connectivity index (χ0v) is 18.7. The summed E-state index contributed by atoms with van der Waals surface area (Å²) in [6, 6.07) is 10.9. The van der Waals surface area contributed by atoms with Crippen molar-refractivity contribution in [1.29, 1.82) is 0 Å². The number of halogens is 1. The van der Waals surface area contributed by atoms with E-state index in [9.17, 15) is 14.4 Å². The quantitative estimate of drug-likeness (QED) is 0.621. The van der Waals surface area contributed by atoms with E-state index < -0.39 is 24.2 Å². The summed E-state index contributed by atoms with van der Waals surface area (Å²) in [7, 11) is 1.69. The Hall–Kier alpha value is -3.30. The number of carboxylic acid groups (broad SMARTS) is 1. The highest BCUT2D eigenvalue weighted by atomic mass is 35.5. The molecule has 0 spiro atoms. The number of likely N-dealkylation sites (N-methyl/N-ethyl adjacent to an activating group) is 1. The Bertz CT molecular complexity index is 1080. The van der Waals surface area contributed by atoms with E-state index in [1.807, 2.05) is 0 Å². The van der Waals surface area contributed by atoms with Crippen molar-refractivity contribution in [2.75, 3.05) is 24.3 Å². The van der Waals surface area contributed by atoms with Gasteiger partial charge < -0.3 is 30.1 Å². The van der Waals surface area contributed by atoms with Gasteiger partial charge in [-0.2, -0.15) is 0 Å². The number of anilines is 2. The van der Waals surface area contributed by atoms with Crippen LogP contribution in [-0.2, 0) is 9.53 Å². The first kappa shape index (κ1) is 22.9. The van der Waals surface area contributed by atoms with Gasteiger partial charge in [0.25, 0.3) is 5.91 Å². The molecule has 0 aromatic heterocycles. The average Bonchev–Trinajstić information content (AvgIpc) is 2.78. The van der Waals surface area contributed by atoms with Crippen LogP contribution in [0.4, 0.5) is 16.2 Å². The van der Waals surface area contributed by atoms with Crippen LogP contribution in [0.5, 0.6) is 5.75 Å². The number of hydrogen-bond donors (Lipinski definition) is 3. The lowest BCUT2D eigenvalue weighted by molar-refractivity contribution is -0.148. The molecule has 33 heavy (non-hydrogen) atoms. The van der Waals surface area contributed by atoms with Gasteiger partial charge in [0.05, 0.1) is 34.8 Å². The Balaban J connectivity index is 1.49. The van der Waals surface area contributed by atoms with Gasteiger partial charge in [-0.25, -0.2) is 4.79 Å². The molecule has 2 aliphatic heterocycles. The SMILES string of the molecule is CN1C(=O)c2cc(NC(=O)Nc3ccccc3Cl)ccc2OC[C@H]2O[C@H](CC(=O)O)CC[C@@H]21. The van der Waals surface area contributed by atoms with Gasteiger partial charge in [0.15, 0.2) is 0 Å². The Kier molecular flexibility index (Phi) is 6.71. The number of aliphatic carboxylic acids is 1. The maximum atomic E-state index is 13.2. The van der Waals surface area contributed by atoms with Crippen LogP contribution in [0, 0.1) is 0 Å². The summed E-state index contributed by atoms with van der Waals surface area (Å²) < 4.78 is 11.8. The molecule has 1 saturated heterocycles. The first-order valence-electron chi connectivity index (χ1n) is 10.6. The van der Waals surface area contributed by atoms with Gasteiger partial charge >= 0.3 is 12.0 Å². The van der Waals surface area contributed by atoms with Crippen molar-refractivity contribution in [1.82, 2.24) is 4.90 Å². The largest absolute Gasteiger partial charge is 0.490 e. The van der Waals surface area contributed by atoms with E-state index in [2.05, 4.69) is 10.6 Å². The lowest BCUT2D eigenvalue weighted by Crippen LogP contribution is -2.53. The molecule has 2 heterocycles. The topological polar surface area (TPSA) is 117 Å². The summed E-state index contributed by atoms with van der Waals surface area (Å²) in [6.07, 6.45) is 0.244. The number of urea groups is 1. The Morgan fingerprint density at radius 3 is 2.73 bits per heavy atom. The number of carbonyl (C=O) groups excluding carboxylic acids is 2. The van der Waals surface area contributed by atoms with Crippen LogP contribution in [0.1, 0.15) is 29.6 Å². The Morgan fingerprint density at radius 1 is 1.18 bits per heavy atom. The number of ether oxygens (including phenoxy) is 2. The number of hydrogen-bond acceptors (Lipinski definition) is 5. The number of nitrogens with zero attached hydrogens (tertiary/aromatic N) is 1. The maximum Gasteiger partial charge on any atom is 0.323 e. The molecule has 174 valence electrons. The van der Waals surface area contributed by atoms with E-state index in [-0.39, 0.29) is 25.0 Å². The summed E-state index contributed by atoms with van der Waals surface area (Å²) in [5.41, 5.74) is 1.20. The molecule has 2 aromatic rings. The van der Waals surface area contributed by atoms with Crippen LogP contribution in [0.15, 0.2) is 42.5 Å². The van der Waals surface area contributed by atoms with Crippen LogP contribution >= 0.6 is 11.6 Å². The summed E-state index contributed by atoms with van der Waals surface area (Å²) in [4.78, 5) is 38.3. The lowest BCUT2D eigenvalue weighted by atomic mass is 9.94. The normalized spacial score (nSPS) is 22.2. The zero-order chi connectivity index (χ0) is 23.5. The molecule has 4 rings (SSSR count). The van der Waals surface area contributed by atoms with Gasteiger partial charge in [-0.3, -0.25) is 9.59 Å². The lowest BCUT2D eigenvalue weighted by Gasteiger charge is -2.42. The van der Waals surface area contributed by atoms with Gasteiger partial charge in [-0.15, -0.1) is 0 Å². The second-order valence-corrected chi connectivity index (χ2v) is 8.44. The molecule has 3 amide bonds. The fourth-order valence-corrected chi connectivity index (χ4v) is 4.33. The van der Waals surface area contributed by atoms with Crippen LogP contribution < -0.4 is 15.4 Å². The predicted molar refractivity (Wildman–Crippen MR) is 122 cm³/mol. The van der Waals surface area contributed by atoms with Crippen molar-refractivity contribution in [3.05, 3.63) is 53.1 Å². The predicted octanol–water partition coefficient (Wildman–Crippen LogP) is 3.84. The number of benzene rings is 2. The zero-order valence-electron chi connectivity index (χ0n) is 17.9. The van der Waals surface area contributed by atoms with Crippen LogP contribution in [-0.4, -0.2) is 59.8 Å². The molecule has 2 aromatic carbocycles. The standard InChI is InChI=1S/C23H24ClN3O6/c1-27-18-8-7-14(11-21(28)29)33-20(18)12-32-19-9-6-13(10-15(19)22(27)30)25-23(31)26-17-5-3-2-4-16(17)24/h2-6,9-10,14,18,20H,7-8,11-12H2,1H3,(H,28,29)(H2,25,26,31)/t14-,18-,20+/m0/s1.